The van der Waals surface area contributed by atoms with Crippen LogP contribution < -0.4 is 5.56 Å². The molecular weight excluding hydrogens is 358 g/mol. The molecule has 0 spiro atoms. The van der Waals surface area contributed by atoms with Gasteiger partial charge < -0.3 is 0 Å². The van der Waals surface area contributed by atoms with E-state index in [9.17, 15) is 4.79 Å². The van der Waals surface area contributed by atoms with Gasteiger partial charge in [0.05, 0.1) is 5.69 Å². The molecule has 0 unspecified atom stereocenters. The van der Waals surface area contributed by atoms with Gasteiger partial charge in [0, 0.05) is 23.7 Å². The van der Waals surface area contributed by atoms with Gasteiger partial charge in [0.25, 0.3) is 5.56 Å². The highest BCUT2D eigenvalue weighted by molar-refractivity contribution is 7.98. The lowest BCUT2D eigenvalue weighted by Crippen LogP contribution is -2.15. The Labute approximate surface area is 160 Å². The van der Waals surface area contributed by atoms with Crippen LogP contribution in [0.1, 0.15) is 22.6 Å². The summed E-state index contributed by atoms with van der Waals surface area (Å²) in [4.78, 5) is 17.0. The highest BCUT2D eigenvalue weighted by atomic mass is 32.2. The standard InChI is InChI=1S/C20H19N5OS/c1-13-4-7-17(8-5-13)25-15(3)22-23-20(25)27-12-16-10-19(26)24-11-14(2)6-9-18(24)21-16/h4-11H,12H2,1-3H3. The number of hydrogen-bond acceptors (Lipinski definition) is 5. The van der Waals surface area contributed by atoms with Gasteiger partial charge in [-0.25, -0.2) is 4.98 Å². The zero-order chi connectivity index (χ0) is 19.0. The summed E-state index contributed by atoms with van der Waals surface area (Å²) in [6.45, 7) is 5.94. The van der Waals surface area contributed by atoms with Gasteiger partial charge in [-0.15, -0.1) is 10.2 Å². The predicted octanol–water partition coefficient (Wildman–Crippen LogP) is 3.49. The normalized spacial score (nSPS) is 11.2. The second kappa shape index (κ2) is 7.00. The van der Waals surface area contributed by atoms with E-state index < -0.39 is 0 Å². The number of benzene rings is 1. The fourth-order valence-corrected chi connectivity index (χ4v) is 3.79. The van der Waals surface area contributed by atoms with E-state index in [1.807, 2.05) is 30.5 Å². The van der Waals surface area contributed by atoms with E-state index in [1.165, 1.54) is 17.3 Å². The van der Waals surface area contributed by atoms with Gasteiger partial charge in [-0.05, 0) is 44.5 Å². The van der Waals surface area contributed by atoms with E-state index in [0.717, 1.165) is 27.9 Å². The summed E-state index contributed by atoms with van der Waals surface area (Å²) >= 11 is 1.52. The van der Waals surface area contributed by atoms with Crippen molar-refractivity contribution in [3.8, 4) is 5.69 Å². The van der Waals surface area contributed by atoms with Crippen LogP contribution in [0, 0.1) is 20.8 Å². The fourth-order valence-electron chi connectivity index (χ4n) is 2.90. The molecule has 0 fully saturated rings. The molecule has 4 aromatic rings. The van der Waals surface area contributed by atoms with Crippen molar-refractivity contribution in [2.24, 2.45) is 0 Å². The zero-order valence-electron chi connectivity index (χ0n) is 15.4. The second-order valence-corrected chi connectivity index (χ2v) is 7.45. The van der Waals surface area contributed by atoms with Crippen LogP contribution in [-0.4, -0.2) is 24.1 Å². The van der Waals surface area contributed by atoms with E-state index in [2.05, 4.69) is 46.4 Å². The molecule has 3 heterocycles. The monoisotopic (exact) mass is 377 g/mol. The highest BCUT2D eigenvalue weighted by Crippen LogP contribution is 2.24. The van der Waals surface area contributed by atoms with Gasteiger partial charge in [0.15, 0.2) is 5.16 Å². The van der Waals surface area contributed by atoms with Crippen molar-refractivity contribution in [3.05, 3.63) is 81.7 Å². The largest absolute Gasteiger partial charge is 0.274 e. The molecule has 0 bridgehead atoms. The molecule has 6 nitrogen and oxygen atoms in total. The molecule has 0 aliphatic heterocycles. The minimum absolute atomic E-state index is 0.0736. The summed E-state index contributed by atoms with van der Waals surface area (Å²) in [6.07, 6.45) is 1.80. The second-order valence-electron chi connectivity index (χ2n) is 6.51. The van der Waals surface area contributed by atoms with Crippen LogP contribution in [0.3, 0.4) is 0 Å². The number of pyridine rings is 1. The Bertz CT molecular complexity index is 1180. The fraction of sp³-hybridized carbons (Fsp3) is 0.200. The Kier molecular flexibility index (Phi) is 4.53. The highest BCUT2D eigenvalue weighted by Gasteiger charge is 2.12. The first-order valence-electron chi connectivity index (χ1n) is 8.62. The van der Waals surface area contributed by atoms with Crippen molar-refractivity contribution < 1.29 is 0 Å². The number of aryl methyl sites for hydroxylation is 3. The molecule has 0 aliphatic carbocycles. The topological polar surface area (TPSA) is 65.1 Å². The van der Waals surface area contributed by atoms with Gasteiger partial charge in [0.1, 0.15) is 11.5 Å². The summed E-state index contributed by atoms with van der Waals surface area (Å²) < 4.78 is 3.59. The summed E-state index contributed by atoms with van der Waals surface area (Å²) in [5.74, 6) is 1.37. The lowest BCUT2D eigenvalue weighted by Gasteiger charge is -2.09. The number of nitrogens with zero attached hydrogens (tertiary/aromatic N) is 5. The van der Waals surface area contributed by atoms with Crippen molar-refractivity contribution in [1.82, 2.24) is 24.1 Å². The summed E-state index contributed by atoms with van der Waals surface area (Å²) in [7, 11) is 0. The summed E-state index contributed by atoms with van der Waals surface area (Å²) in [5.41, 5.74) is 4.55. The lowest BCUT2D eigenvalue weighted by molar-refractivity contribution is 0.866. The molecule has 7 heteroatoms. The van der Waals surface area contributed by atoms with Crippen LogP contribution in [-0.2, 0) is 5.75 Å². The third-order valence-corrected chi connectivity index (χ3v) is 5.26. The molecule has 0 N–H and O–H groups in total. The molecular formula is C20H19N5OS. The molecule has 0 saturated carbocycles. The molecule has 0 aliphatic rings. The van der Waals surface area contributed by atoms with E-state index >= 15 is 0 Å². The number of aromatic nitrogens is 5. The predicted molar refractivity (Wildman–Crippen MR) is 107 cm³/mol. The average molecular weight is 377 g/mol. The lowest BCUT2D eigenvalue weighted by atomic mass is 10.2. The zero-order valence-corrected chi connectivity index (χ0v) is 16.2. The SMILES string of the molecule is Cc1ccc(-n2c(C)nnc2SCc2cc(=O)n3cc(C)ccc3n2)cc1. The first-order valence-corrected chi connectivity index (χ1v) is 9.60. The number of thioether (sulfide) groups is 1. The molecule has 1 aromatic carbocycles. The third-order valence-electron chi connectivity index (χ3n) is 4.30. The van der Waals surface area contributed by atoms with Crippen molar-refractivity contribution >= 4 is 17.4 Å². The Hall–Kier alpha value is -2.93. The van der Waals surface area contributed by atoms with Gasteiger partial charge >= 0.3 is 0 Å². The smallest absolute Gasteiger partial charge is 0.258 e. The van der Waals surface area contributed by atoms with E-state index in [4.69, 9.17) is 0 Å². The van der Waals surface area contributed by atoms with Crippen molar-refractivity contribution in [2.75, 3.05) is 0 Å². The van der Waals surface area contributed by atoms with E-state index in [-0.39, 0.29) is 5.56 Å². The summed E-state index contributed by atoms with van der Waals surface area (Å²) in [6, 6.07) is 13.6. The average Bonchev–Trinajstić information content (AvgIpc) is 3.02. The maximum atomic E-state index is 12.4. The van der Waals surface area contributed by atoms with Crippen molar-refractivity contribution in [1.29, 1.82) is 0 Å². The Morgan fingerprint density at radius 2 is 1.70 bits per heavy atom. The van der Waals surface area contributed by atoms with Gasteiger partial charge in [-0.2, -0.15) is 0 Å². The molecule has 0 atom stereocenters. The van der Waals surface area contributed by atoms with E-state index in [0.29, 0.717) is 11.4 Å². The third kappa shape index (κ3) is 3.50. The van der Waals surface area contributed by atoms with Gasteiger partial charge in [0.2, 0.25) is 0 Å². The first kappa shape index (κ1) is 17.5. The van der Waals surface area contributed by atoms with Crippen LogP contribution in [0.5, 0.6) is 0 Å². The summed E-state index contributed by atoms with van der Waals surface area (Å²) in [5, 5.41) is 9.28. The quantitative estimate of drug-likeness (QED) is 0.509. The van der Waals surface area contributed by atoms with Crippen molar-refractivity contribution in [3.63, 3.8) is 0 Å². The van der Waals surface area contributed by atoms with Crippen LogP contribution in [0.15, 0.2) is 58.6 Å². The van der Waals surface area contributed by atoms with Crippen molar-refractivity contribution in [2.45, 2.75) is 31.7 Å². The molecule has 136 valence electrons. The molecule has 27 heavy (non-hydrogen) atoms. The van der Waals surface area contributed by atoms with E-state index in [1.54, 1.807) is 16.7 Å². The number of rotatable bonds is 4. The first-order chi connectivity index (χ1) is 13.0. The number of fused-ring (bicyclic) bond motifs is 1. The Morgan fingerprint density at radius 1 is 0.963 bits per heavy atom. The minimum Gasteiger partial charge on any atom is -0.274 e. The van der Waals surface area contributed by atoms with Gasteiger partial charge in [-0.3, -0.25) is 13.8 Å². The van der Waals surface area contributed by atoms with Crippen LogP contribution in [0.25, 0.3) is 11.3 Å². The maximum absolute atomic E-state index is 12.4. The van der Waals surface area contributed by atoms with Crippen LogP contribution in [0.4, 0.5) is 0 Å². The molecule has 0 radical (unpaired) electrons. The molecule has 0 amide bonds. The minimum atomic E-state index is -0.0736. The Balaban J connectivity index is 1.63. The van der Waals surface area contributed by atoms with Crippen LogP contribution >= 0.6 is 11.8 Å². The number of hydrogen-bond donors (Lipinski definition) is 0. The molecule has 0 saturated heterocycles. The Morgan fingerprint density at radius 3 is 2.48 bits per heavy atom. The maximum Gasteiger partial charge on any atom is 0.258 e. The van der Waals surface area contributed by atoms with Crippen LogP contribution in [0.2, 0.25) is 0 Å². The molecule has 4 rings (SSSR count). The molecule has 3 aromatic heterocycles. The van der Waals surface area contributed by atoms with Gasteiger partial charge in [-0.1, -0.05) is 35.5 Å².